The third-order valence-electron chi connectivity index (χ3n) is 3.22. The van der Waals surface area contributed by atoms with Gasteiger partial charge in [0.1, 0.15) is 10.7 Å². The molecule has 0 unspecified atom stereocenters. The van der Waals surface area contributed by atoms with Gasteiger partial charge in [-0.15, -0.1) is 4.83 Å². The van der Waals surface area contributed by atoms with E-state index in [1.807, 2.05) is 11.9 Å². The van der Waals surface area contributed by atoms with Crippen molar-refractivity contribution in [2.75, 3.05) is 33.2 Å². The molecule has 2 N–H and O–H groups in total. The van der Waals surface area contributed by atoms with Crippen LogP contribution in [-0.2, 0) is 10.0 Å². The van der Waals surface area contributed by atoms with Crippen molar-refractivity contribution in [1.82, 2.24) is 14.7 Å². The number of hydrogen-bond acceptors (Lipinski definition) is 5. The molecule has 0 atom stereocenters. The van der Waals surface area contributed by atoms with Crippen molar-refractivity contribution in [2.45, 2.75) is 4.90 Å². The zero-order valence-electron chi connectivity index (χ0n) is 11.4. The molecule has 116 valence electrons. The maximum absolute atomic E-state index is 13.8. The second-order valence-corrected chi connectivity index (χ2v) is 6.46. The Balaban J connectivity index is 2.18. The Labute approximate surface area is 122 Å². The molecule has 0 bridgehead atoms. The van der Waals surface area contributed by atoms with Crippen molar-refractivity contribution in [2.24, 2.45) is 0 Å². The highest BCUT2D eigenvalue weighted by Crippen LogP contribution is 2.16. The summed E-state index contributed by atoms with van der Waals surface area (Å²) >= 11 is 0. The molecule has 1 aromatic carbocycles. The molecule has 1 heterocycles. The molecule has 0 saturated carbocycles. The maximum Gasteiger partial charge on any atom is 0.335 e. The number of nitrogens with zero attached hydrogens (tertiary/aromatic N) is 2. The number of piperazine rings is 1. The summed E-state index contributed by atoms with van der Waals surface area (Å²) in [7, 11) is -2.13. The van der Waals surface area contributed by atoms with Crippen molar-refractivity contribution in [3.63, 3.8) is 0 Å². The lowest BCUT2D eigenvalue weighted by atomic mass is 10.2. The molecule has 0 spiro atoms. The molecule has 0 aliphatic carbocycles. The SMILES string of the molecule is CN1CCN(NS(=O)(=O)c2ccc(C(=O)O)cc2F)CC1. The highest BCUT2D eigenvalue weighted by atomic mass is 32.2. The molecule has 0 amide bonds. The number of halogens is 1. The summed E-state index contributed by atoms with van der Waals surface area (Å²) in [5.74, 6) is -2.40. The Kier molecular flexibility index (Phi) is 4.57. The highest BCUT2D eigenvalue weighted by Gasteiger charge is 2.24. The molecule has 1 saturated heterocycles. The Bertz CT molecular complexity index is 642. The summed E-state index contributed by atoms with van der Waals surface area (Å²) in [6.07, 6.45) is 0. The molecular formula is C12H16FN3O4S. The Morgan fingerprint density at radius 3 is 2.43 bits per heavy atom. The number of aromatic carboxylic acids is 1. The first kappa shape index (κ1) is 15.8. The van der Waals surface area contributed by atoms with Gasteiger partial charge in [-0.1, -0.05) is 0 Å². The number of carboxylic acids is 1. The normalized spacial score (nSPS) is 17.8. The lowest BCUT2D eigenvalue weighted by Crippen LogP contribution is -2.52. The monoisotopic (exact) mass is 317 g/mol. The van der Waals surface area contributed by atoms with E-state index in [-0.39, 0.29) is 5.56 Å². The minimum atomic E-state index is -4.06. The van der Waals surface area contributed by atoms with E-state index in [0.717, 1.165) is 12.1 Å². The summed E-state index contributed by atoms with van der Waals surface area (Å²) in [6, 6.07) is 2.71. The topological polar surface area (TPSA) is 90.0 Å². The molecular weight excluding hydrogens is 301 g/mol. The number of sulfonamides is 1. The van der Waals surface area contributed by atoms with Gasteiger partial charge in [0.25, 0.3) is 10.0 Å². The third-order valence-corrected chi connectivity index (χ3v) is 4.63. The first-order valence-corrected chi connectivity index (χ1v) is 7.77. The van der Waals surface area contributed by atoms with Crippen LogP contribution >= 0.6 is 0 Å². The summed E-state index contributed by atoms with van der Waals surface area (Å²) in [4.78, 5) is 14.5. The van der Waals surface area contributed by atoms with Gasteiger partial charge in [0, 0.05) is 26.2 Å². The number of carbonyl (C=O) groups is 1. The van der Waals surface area contributed by atoms with Crippen molar-refractivity contribution < 1.29 is 22.7 Å². The minimum Gasteiger partial charge on any atom is -0.478 e. The van der Waals surface area contributed by atoms with Gasteiger partial charge in [-0.25, -0.2) is 22.6 Å². The summed E-state index contributed by atoms with van der Waals surface area (Å²) in [5, 5.41) is 10.2. The molecule has 1 fully saturated rings. The lowest BCUT2D eigenvalue weighted by molar-refractivity contribution is 0.0696. The largest absolute Gasteiger partial charge is 0.478 e. The predicted octanol–water partition coefficient (Wildman–Crippen LogP) is -0.0354. The first-order valence-electron chi connectivity index (χ1n) is 6.28. The fourth-order valence-electron chi connectivity index (χ4n) is 1.97. The molecule has 1 aliphatic rings. The van der Waals surface area contributed by atoms with Gasteiger partial charge in [-0.2, -0.15) is 0 Å². The maximum atomic E-state index is 13.8. The quantitative estimate of drug-likeness (QED) is 0.810. The number of rotatable bonds is 4. The number of nitrogens with one attached hydrogen (secondary N) is 1. The van der Waals surface area contributed by atoms with Crippen LogP contribution in [0.3, 0.4) is 0 Å². The van der Waals surface area contributed by atoms with E-state index >= 15 is 0 Å². The zero-order chi connectivity index (χ0) is 15.6. The molecule has 9 heteroatoms. The van der Waals surface area contributed by atoms with Crippen LogP contribution in [-0.4, -0.2) is 62.6 Å². The number of hydrazine groups is 1. The van der Waals surface area contributed by atoms with Crippen LogP contribution in [0.15, 0.2) is 23.1 Å². The number of hydrogen-bond donors (Lipinski definition) is 2. The van der Waals surface area contributed by atoms with Gasteiger partial charge in [-0.3, -0.25) is 0 Å². The van der Waals surface area contributed by atoms with Crippen LogP contribution in [0, 0.1) is 5.82 Å². The van der Waals surface area contributed by atoms with Crippen molar-refractivity contribution in [3.8, 4) is 0 Å². The van der Waals surface area contributed by atoms with Gasteiger partial charge in [0.15, 0.2) is 0 Å². The van der Waals surface area contributed by atoms with Gasteiger partial charge in [0.05, 0.1) is 5.56 Å². The second-order valence-electron chi connectivity index (χ2n) is 4.84. The molecule has 1 aromatic rings. The lowest BCUT2D eigenvalue weighted by Gasteiger charge is -2.32. The van der Waals surface area contributed by atoms with Crippen molar-refractivity contribution >= 4 is 16.0 Å². The molecule has 21 heavy (non-hydrogen) atoms. The van der Waals surface area contributed by atoms with E-state index in [0.29, 0.717) is 32.2 Å². The fraction of sp³-hybridized carbons (Fsp3) is 0.417. The van der Waals surface area contributed by atoms with Crippen LogP contribution in [0.4, 0.5) is 4.39 Å². The average molecular weight is 317 g/mol. The Morgan fingerprint density at radius 1 is 1.29 bits per heavy atom. The second kappa shape index (κ2) is 6.06. The van der Waals surface area contributed by atoms with Crippen LogP contribution in [0.5, 0.6) is 0 Å². The average Bonchev–Trinajstić information content (AvgIpc) is 2.40. The number of likely N-dealkylation sites (N-methyl/N-ethyl adjacent to an activating group) is 1. The van der Waals surface area contributed by atoms with Crippen LogP contribution in [0.1, 0.15) is 10.4 Å². The van der Waals surface area contributed by atoms with E-state index in [2.05, 4.69) is 4.83 Å². The standard InChI is InChI=1S/C12H16FN3O4S/c1-15-4-6-16(7-5-15)14-21(19,20)11-3-2-9(12(17)18)8-10(11)13/h2-3,8,14H,4-7H2,1H3,(H,17,18). The smallest absolute Gasteiger partial charge is 0.335 e. The van der Waals surface area contributed by atoms with Gasteiger partial charge in [0.2, 0.25) is 0 Å². The van der Waals surface area contributed by atoms with E-state index in [9.17, 15) is 17.6 Å². The van der Waals surface area contributed by atoms with Crippen LogP contribution < -0.4 is 4.83 Å². The molecule has 0 radical (unpaired) electrons. The zero-order valence-corrected chi connectivity index (χ0v) is 12.2. The molecule has 0 aromatic heterocycles. The van der Waals surface area contributed by atoms with E-state index in [1.54, 1.807) is 0 Å². The van der Waals surface area contributed by atoms with Gasteiger partial charge >= 0.3 is 5.97 Å². The highest BCUT2D eigenvalue weighted by molar-refractivity contribution is 7.89. The minimum absolute atomic E-state index is 0.300. The molecule has 2 rings (SSSR count). The van der Waals surface area contributed by atoms with E-state index < -0.39 is 26.7 Å². The van der Waals surface area contributed by atoms with Crippen molar-refractivity contribution in [3.05, 3.63) is 29.6 Å². The van der Waals surface area contributed by atoms with Gasteiger partial charge in [-0.05, 0) is 25.2 Å². The van der Waals surface area contributed by atoms with E-state index in [1.165, 1.54) is 5.01 Å². The number of benzene rings is 1. The van der Waals surface area contributed by atoms with Crippen LogP contribution in [0.25, 0.3) is 0 Å². The molecule has 1 aliphatic heterocycles. The summed E-state index contributed by atoms with van der Waals surface area (Å²) in [6.45, 7) is 2.38. The van der Waals surface area contributed by atoms with Crippen LogP contribution in [0.2, 0.25) is 0 Å². The third kappa shape index (κ3) is 3.76. The predicted molar refractivity (Wildman–Crippen MR) is 72.8 cm³/mol. The fourth-order valence-corrected chi connectivity index (χ4v) is 3.15. The molecule has 7 nitrogen and oxygen atoms in total. The Hall–Kier alpha value is -1.55. The van der Waals surface area contributed by atoms with E-state index in [4.69, 9.17) is 5.11 Å². The summed E-state index contributed by atoms with van der Waals surface area (Å²) in [5.41, 5.74) is -0.300. The number of carboxylic acid groups (broad SMARTS) is 1. The first-order chi connectivity index (χ1) is 9.79. The van der Waals surface area contributed by atoms with Gasteiger partial charge < -0.3 is 10.0 Å². The van der Waals surface area contributed by atoms with Crippen molar-refractivity contribution in [1.29, 1.82) is 0 Å². The Morgan fingerprint density at radius 2 is 1.90 bits per heavy atom. The summed E-state index contributed by atoms with van der Waals surface area (Å²) < 4.78 is 38.1.